The summed E-state index contributed by atoms with van der Waals surface area (Å²) in [7, 11) is 0. The molecule has 0 N–H and O–H groups in total. The Kier molecular flexibility index (Phi) is 5.20. The van der Waals surface area contributed by atoms with Crippen molar-refractivity contribution in [2.75, 3.05) is 0 Å². The topological polar surface area (TPSA) is 0 Å². The lowest BCUT2D eigenvalue weighted by Gasteiger charge is -2.28. The van der Waals surface area contributed by atoms with Crippen molar-refractivity contribution in [1.82, 2.24) is 0 Å². The molecular weight excluding hydrogens is 307 g/mol. The molecule has 2 aromatic carbocycles. The average Bonchev–Trinajstić information content (AvgIpc) is 2.67. The molecule has 25 heavy (non-hydrogen) atoms. The predicted molar refractivity (Wildman–Crippen MR) is 103 cm³/mol. The van der Waals surface area contributed by atoms with Crippen LogP contribution in [0.1, 0.15) is 62.5 Å². The van der Waals surface area contributed by atoms with Crippen LogP contribution in [0.25, 0.3) is 11.1 Å². The zero-order chi connectivity index (χ0) is 17.1. The van der Waals surface area contributed by atoms with Gasteiger partial charge in [0.25, 0.3) is 0 Å². The number of hydrogen-bond donors (Lipinski definition) is 0. The number of fused-ring (bicyclic) bond motifs is 1. The smallest absolute Gasteiger partial charge is 0.123 e. The molecule has 1 atom stereocenters. The first-order valence-corrected chi connectivity index (χ1v) is 10.2. The van der Waals surface area contributed by atoms with Crippen LogP contribution in [0, 0.1) is 17.7 Å². The van der Waals surface area contributed by atoms with Crippen LogP contribution < -0.4 is 0 Å². The van der Waals surface area contributed by atoms with Gasteiger partial charge in [0.05, 0.1) is 0 Å². The molecule has 1 heteroatoms. The van der Waals surface area contributed by atoms with Crippen LogP contribution in [0.3, 0.4) is 0 Å². The first-order chi connectivity index (χ1) is 12.3. The molecule has 132 valence electrons. The molecule has 1 saturated carbocycles. The SMILES string of the molecule is Fc1ccc(-c2ccc3c(c2)CCC(CCC2CCCCC2)C3)cc1. The minimum absolute atomic E-state index is 0.164. The largest absolute Gasteiger partial charge is 0.207 e. The van der Waals surface area contributed by atoms with Crippen LogP contribution >= 0.6 is 0 Å². The van der Waals surface area contributed by atoms with Gasteiger partial charge in [0.2, 0.25) is 0 Å². The molecule has 0 nitrogen and oxygen atoms in total. The maximum Gasteiger partial charge on any atom is 0.123 e. The Hall–Kier alpha value is -1.63. The Morgan fingerprint density at radius 3 is 2.24 bits per heavy atom. The third kappa shape index (κ3) is 4.14. The van der Waals surface area contributed by atoms with Crippen LogP contribution in [0.5, 0.6) is 0 Å². The van der Waals surface area contributed by atoms with Gasteiger partial charge >= 0.3 is 0 Å². The number of halogens is 1. The van der Waals surface area contributed by atoms with Gasteiger partial charge in [-0.15, -0.1) is 0 Å². The summed E-state index contributed by atoms with van der Waals surface area (Å²) in [6.45, 7) is 0. The maximum absolute atomic E-state index is 13.1. The Balaban J connectivity index is 1.39. The van der Waals surface area contributed by atoms with E-state index in [1.54, 1.807) is 17.7 Å². The molecule has 0 aromatic heterocycles. The molecule has 0 saturated heterocycles. The summed E-state index contributed by atoms with van der Waals surface area (Å²) in [5, 5.41) is 0. The first kappa shape index (κ1) is 16.8. The highest BCUT2D eigenvalue weighted by atomic mass is 19.1. The molecule has 2 aliphatic carbocycles. The van der Waals surface area contributed by atoms with Crippen molar-refractivity contribution in [3.8, 4) is 11.1 Å². The van der Waals surface area contributed by atoms with Crippen molar-refractivity contribution >= 4 is 0 Å². The van der Waals surface area contributed by atoms with E-state index in [1.165, 1.54) is 75.3 Å². The fourth-order valence-corrected chi connectivity index (χ4v) is 4.85. The molecule has 2 aromatic rings. The Morgan fingerprint density at radius 2 is 1.44 bits per heavy atom. The zero-order valence-electron chi connectivity index (χ0n) is 15.1. The van der Waals surface area contributed by atoms with Gasteiger partial charge in [0, 0.05) is 0 Å². The van der Waals surface area contributed by atoms with Crippen LogP contribution in [-0.2, 0) is 12.8 Å². The van der Waals surface area contributed by atoms with E-state index in [0.29, 0.717) is 0 Å². The van der Waals surface area contributed by atoms with Gasteiger partial charge in [0.1, 0.15) is 5.82 Å². The van der Waals surface area contributed by atoms with Crippen molar-refractivity contribution in [1.29, 1.82) is 0 Å². The molecule has 2 aliphatic rings. The molecular formula is C24H29F. The lowest BCUT2D eigenvalue weighted by molar-refractivity contribution is 0.297. The van der Waals surface area contributed by atoms with E-state index in [1.807, 2.05) is 12.1 Å². The quantitative estimate of drug-likeness (QED) is 0.566. The highest BCUT2D eigenvalue weighted by Crippen LogP contribution is 2.34. The van der Waals surface area contributed by atoms with Crippen LogP contribution in [0.2, 0.25) is 0 Å². The molecule has 0 aliphatic heterocycles. The summed E-state index contributed by atoms with van der Waals surface area (Å²) < 4.78 is 13.1. The number of hydrogen-bond acceptors (Lipinski definition) is 0. The van der Waals surface area contributed by atoms with Crippen molar-refractivity contribution in [3.05, 3.63) is 59.4 Å². The van der Waals surface area contributed by atoms with E-state index in [9.17, 15) is 4.39 Å². The Morgan fingerprint density at radius 1 is 0.720 bits per heavy atom. The van der Waals surface area contributed by atoms with Crippen LogP contribution in [-0.4, -0.2) is 0 Å². The lowest BCUT2D eigenvalue weighted by Crippen LogP contribution is -2.16. The van der Waals surface area contributed by atoms with E-state index in [2.05, 4.69) is 18.2 Å². The minimum Gasteiger partial charge on any atom is -0.207 e. The van der Waals surface area contributed by atoms with Crippen molar-refractivity contribution < 1.29 is 4.39 Å². The monoisotopic (exact) mass is 336 g/mol. The summed E-state index contributed by atoms with van der Waals surface area (Å²) in [5.41, 5.74) is 5.39. The highest BCUT2D eigenvalue weighted by Gasteiger charge is 2.21. The average molecular weight is 336 g/mol. The number of aryl methyl sites for hydroxylation is 1. The van der Waals surface area contributed by atoms with E-state index >= 15 is 0 Å². The fraction of sp³-hybridized carbons (Fsp3) is 0.500. The minimum atomic E-state index is -0.164. The van der Waals surface area contributed by atoms with Gasteiger partial charge in [-0.1, -0.05) is 68.9 Å². The molecule has 0 heterocycles. The fourth-order valence-electron chi connectivity index (χ4n) is 4.85. The van der Waals surface area contributed by atoms with Gasteiger partial charge < -0.3 is 0 Å². The number of rotatable bonds is 4. The molecule has 0 spiro atoms. The van der Waals surface area contributed by atoms with Gasteiger partial charge in [-0.2, -0.15) is 0 Å². The Labute approximate surface area is 151 Å². The molecule has 1 fully saturated rings. The van der Waals surface area contributed by atoms with Crippen molar-refractivity contribution in [2.24, 2.45) is 11.8 Å². The zero-order valence-corrected chi connectivity index (χ0v) is 15.1. The molecule has 1 unspecified atom stereocenters. The van der Waals surface area contributed by atoms with Gasteiger partial charge in [0.15, 0.2) is 0 Å². The van der Waals surface area contributed by atoms with Gasteiger partial charge in [-0.3, -0.25) is 0 Å². The number of benzene rings is 2. The second-order valence-electron chi connectivity index (χ2n) is 8.18. The lowest BCUT2D eigenvalue weighted by atomic mass is 9.78. The summed E-state index contributed by atoms with van der Waals surface area (Å²) in [6, 6.07) is 13.7. The molecule has 0 amide bonds. The summed E-state index contributed by atoms with van der Waals surface area (Å²) in [5.74, 6) is 1.73. The van der Waals surface area contributed by atoms with E-state index in [0.717, 1.165) is 17.4 Å². The molecule has 4 rings (SSSR count). The third-order valence-corrected chi connectivity index (χ3v) is 6.42. The second kappa shape index (κ2) is 7.72. The van der Waals surface area contributed by atoms with E-state index in [4.69, 9.17) is 0 Å². The normalized spacial score (nSPS) is 21.1. The highest BCUT2D eigenvalue weighted by molar-refractivity contribution is 5.65. The maximum atomic E-state index is 13.1. The van der Waals surface area contributed by atoms with Crippen LogP contribution in [0.4, 0.5) is 4.39 Å². The second-order valence-corrected chi connectivity index (χ2v) is 8.18. The predicted octanol–water partition coefficient (Wildman–Crippen LogP) is 6.96. The van der Waals surface area contributed by atoms with Crippen molar-refractivity contribution in [3.63, 3.8) is 0 Å². The van der Waals surface area contributed by atoms with Gasteiger partial charge in [-0.25, -0.2) is 4.39 Å². The van der Waals surface area contributed by atoms with E-state index in [-0.39, 0.29) is 5.82 Å². The van der Waals surface area contributed by atoms with Crippen LogP contribution in [0.15, 0.2) is 42.5 Å². The summed E-state index contributed by atoms with van der Waals surface area (Å²) >= 11 is 0. The third-order valence-electron chi connectivity index (χ3n) is 6.42. The molecule has 0 bridgehead atoms. The summed E-state index contributed by atoms with van der Waals surface area (Å²) in [4.78, 5) is 0. The molecule has 0 radical (unpaired) electrons. The Bertz CT molecular complexity index is 695. The summed E-state index contributed by atoms with van der Waals surface area (Å²) in [6.07, 6.45) is 14.0. The first-order valence-electron chi connectivity index (χ1n) is 10.2. The van der Waals surface area contributed by atoms with E-state index < -0.39 is 0 Å². The standard InChI is InChI=1S/C24H29F/c25-24-14-12-20(13-15-24)22-11-10-21-16-19(8-9-23(21)17-22)7-6-18-4-2-1-3-5-18/h10-15,17-19H,1-9,16H2. The van der Waals surface area contributed by atoms with Gasteiger partial charge in [-0.05, 0) is 71.9 Å². The van der Waals surface area contributed by atoms with Crippen molar-refractivity contribution in [2.45, 2.75) is 64.2 Å².